The zero-order valence-corrected chi connectivity index (χ0v) is 35.3. The molecule has 0 spiro atoms. The molecular weight excluding hydrogens is 711 g/mol. The molecule has 0 amide bonds. The lowest BCUT2D eigenvalue weighted by molar-refractivity contribution is 0.436. The summed E-state index contributed by atoms with van der Waals surface area (Å²) in [5, 5.41) is 5.39. The third-order valence-electron chi connectivity index (χ3n) is 15.4. The van der Waals surface area contributed by atoms with Crippen molar-refractivity contribution in [3.05, 3.63) is 161 Å². The van der Waals surface area contributed by atoms with Gasteiger partial charge in [0.2, 0.25) is 0 Å². The van der Waals surface area contributed by atoms with Crippen molar-refractivity contribution in [1.29, 1.82) is 0 Å². The van der Waals surface area contributed by atoms with Crippen LogP contribution in [-0.2, 0) is 5.41 Å². The lowest BCUT2D eigenvalue weighted by atomic mass is 9.79. The van der Waals surface area contributed by atoms with E-state index in [1.54, 1.807) is 16.7 Å². The summed E-state index contributed by atoms with van der Waals surface area (Å²) in [6.07, 6.45) is 18.6. The van der Waals surface area contributed by atoms with Crippen LogP contribution in [0.15, 0.2) is 133 Å². The lowest BCUT2D eigenvalue weighted by Gasteiger charge is -2.35. The number of hydrogen-bond donors (Lipinski definition) is 0. The van der Waals surface area contributed by atoms with Crippen LogP contribution in [0.5, 0.6) is 0 Å². The van der Waals surface area contributed by atoms with Crippen LogP contribution >= 0.6 is 0 Å². The van der Waals surface area contributed by atoms with Gasteiger partial charge in [-0.3, -0.25) is 0 Å². The minimum absolute atomic E-state index is 0.0413. The summed E-state index contributed by atoms with van der Waals surface area (Å²) in [6, 6.07) is 52.7. The van der Waals surface area contributed by atoms with Gasteiger partial charge >= 0.3 is 0 Å². The molecule has 296 valence electrons. The van der Waals surface area contributed by atoms with Crippen LogP contribution in [0, 0.1) is 0 Å². The summed E-state index contributed by atoms with van der Waals surface area (Å²) in [5.41, 5.74) is 16.8. The van der Waals surface area contributed by atoms with Gasteiger partial charge in [0.15, 0.2) is 0 Å². The summed E-state index contributed by atoms with van der Waals surface area (Å²) in [7, 11) is 0. The van der Waals surface area contributed by atoms with Crippen LogP contribution in [0.3, 0.4) is 0 Å². The smallest absolute Gasteiger partial charge is 0.0546 e. The highest BCUT2D eigenvalue weighted by atomic mass is 15.1. The average Bonchev–Trinajstić information content (AvgIpc) is 3.91. The van der Waals surface area contributed by atoms with Gasteiger partial charge in [-0.2, -0.15) is 0 Å². The Kier molecular flexibility index (Phi) is 9.48. The zero-order valence-electron chi connectivity index (χ0n) is 35.3. The standard InChI is InChI=1S/C58H59N/c1-58(2)53-27-14-13-25-49(53)52-38-46(32-33-54(52)58)59(55-34-31-44(39-16-5-3-6-17-39)36-51(55)41-18-7-4-8-19-41)56-35-30-42-22-11-12-24-48(42)57(56)45-29-28-43-23-15-26-47(50(43)37-45)40-20-9-10-21-40/h11-15,22-41H,3-10,16-21H2,1-2H3. The van der Waals surface area contributed by atoms with Crippen LogP contribution < -0.4 is 4.90 Å². The molecule has 3 saturated carbocycles. The van der Waals surface area contributed by atoms with E-state index in [1.807, 2.05) is 0 Å². The summed E-state index contributed by atoms with van der Waals surface area (Å²) in [5.74, 6) is 1.89. The first-order chi connectivity index (χ1) is 29.0. The van der Waals surface area contributed by atoms with Gasteiger partial charge in [0, 0.05) is 22.4 Å². The van der Waals surface area contributed by atoms with Crippen LogP contribution in [0.2, 0.25) is 0 Å². The second kappa shape index (κ2) is 15.2. The highest BCUT2D eigenvalue weighted by molar-refractivity contribution is 6.07. The average molecular weight is 770 g/mol. The molecule has 0 heterocycles. The monoisotopic (exact) mass is 769 g/mol. The molecule has 0 atom stereocenters. The minimum Gasteiger partial charge on any atom is -0.310 e. The van der Waals surface area contributed by atoms with Gasteiger partial charge in [-0.15, -0.1) is 0 Å². The number of anilines is 3. The molecule has 0 unspecified atom stereocenters. The molecule has 59 heavy (non-hydrogen) atoms. The Hall–Kier alpha value is -5.14. The van der Waals surface area contributed by atoms with E-state index in [2.05, 4.69) is 152 Å². The Bertz CT molecular complexity index is 2680. The Balaban J connectivity index is 1.18. The van der Waals surface area contributed by atoms with Crippen molar-refractivity contribution < 1.29 is 0 Å². The van der Waals surface area contributed by atoms with Crippen LogP contribution in [-0.4, -0.2) is 0 Å². The predicted molar refractivity (Wildman–Crippen MR) is 252 cm³/mol. The zero-order chi connectivity index (χ0) is 39.5. The Morgan fingerprint density at radius 1 is 0.441 bits per heavy atom. The molecule has 0 saturated heterocycles. The SMILES string of the molecule is CC1(C)c2ccccc2-c2cc(N(c3ccc(C4CCCCC4)cc3C3CCCCC3)c3ccc4ccccc4c3-c3ccc4cccc(C5CCCC5)c4c3)ccc21. The van der Waals surface area contributed by atoms with E-state index in [9.17, 15) is 0 Å². The van der Waals surface area contributed by atoms with Gasteiger partial charge in [-0.25, -0.2) is 0 Å². The fraction of sp³-hybridized carbons (Fsp3) is 0.345. The first-order valence-electron chi connectivity index (χ1n) is 23.3. The third kappa shape index (κ3) is 6.43. The molecule has 4 aliphatic carbocycles. The second-order valence-corrected chi connectivity index (χ2v) is 19.2. The van der Waals surface area contributed by atoms with Gasteiger partial charge in [0.05, 0.1) is 5.69 Å². The summed E-state index contributed by atoms with van der Waals surface area (Å²) in [6.45, 7) is 4.81. The minimum atomic E-state index is -0.0413. The third-order valence-corrected chi connectivity index (χ3v) is 15.4. The van der Waals surface area contributed by atoms with Crippen molar-refractivity contribution in [3.8, 4) is 22.3 Å². The summed E-state index contributed by atoms with van der Waals surface area (Å²) < 4.78 is 0. The molecule has 0 bridgehead atoms. The van der Waals surface area contributed by atoms with Gasteiger partial charge in [-0.1, -0.05) is 168 Å². The van der Waals surface area contributed by atoms with E-state index in [4.69, 9.17) is 0 Å². The maximum absolute atomic E-state index is 2.71. The molecule has 11 rings (SSSR count). The fourth-order valence-corrected chi connectivity index (χ4v) is 12.3. The maximum Gasteiger partial charge on any atom is 0.0546 e. The van der Waals surface area contributed by atoms with E-state index in [0.29, 0.717) is 17.8 Å². The van der Waals surface area contributed by atoms with Gasteiger partial charge in [0.1, 0.15) is 0 Å². The van der Waals surface area contributed by atoms with Crippen LogP contribution in [0.4, 0.5) is 17.1 Å². The molecule has 0 radical (unpaired) electrons. The normalized spacial score (nSPS) is 18.3. The maximum atomic E-state index is 2.71. The van der Waals surface area contributed by atoms with E-state index in [1.165, 1.54) is 162 Å². The van der Waals surface area contributed by atoms with Crippen LogP contribution in [0.25, 0.3) is 43.8 Å². The first-order valence-corrected chi connectivity index (χ1v) is 23.3. The van der Waals surface area contributed by atoms with E-state index >= 15 is 0 Å². The molecule has 7 aromatic carbocycles. The molecule has 1 nitrogen and oxygen atoms in total. The van der Waals surface area contributed by atoms with Crippen LogP contribution in [0.1, 0.15) is 149 Å². The molecule has 3 fully saturated rings. The number of rotatable bonds is 7. The number of nitrogens with zero attached hydrogens (tertiary/aromatic N) is 1. The Labute approximate surface area is 352 Å². The summed E-state index contributed by atoms with van der Waals surface area (Å²) in [4.78, 5) is 2.71. The highest BCUT2D eigenvalue weighted by Crippen LogP contribution is 2.54. The van der Waals surface area contributed by atoms with Crippen molar-refractivity contribution in [2.24, 2.45) is 0 Å². The molecule has 4 aliphatic rings. The fourth-order valence-electron chi connectivity index (χ4n) is 12.3. The topological polar surface area (TPSA) is 3.24 Å². The molecule has 0 N–H and O–H groups in total. The van der Waals surface area contributed by atoms with Gasteiger partial charge in [0.25, 0.3) is 0 Å². The lowest BCUT2D eigenvalue weighted by Crippen LogP contribution is -2.18. The second-order valence-electron chi connectivity index (χ2n) is 19.2. The molecule has 7 aromatic rings. The molecule has 0 aromatic heterocycles. The van der Waals surface area contributed by atoms with E-state index < -0.39 is 0 Å². The largest absolute Gasteiger partial charge is 0.310 e. The van der Waals surface area contributed by atoms with Gasteiger partial charge < -0.3 is 4.90 Å². The number of hydrogen-bond acceptors (Lipinski definition) is 1. The van der Waals surface area contributed by atoms with Crippen molar-refractivity contribution in [3.63, 3.8) is 0 Å². The van der Waals surface area contributed by atoms with Crippen molar-refractivity contribution in [2.45, 2.75) is 127 Å². The van der Waals surface area contributed by atoms with E-state index in [-0.39, 0.29) is 5.41 Å². The predicted octanol–water partition coefficient (Wildman–Crippen LogP) is 17.2. The molecule has 1 heteroatoms. The summed E-state index contributed by atoms with van der Waals surface area (Å²) >= 11 is 0. The van der Waals surface area contributed by atoms with Gasteiger partial charge in [-0.05, 0) is 153 Å². The van der Waals surface area contributed by atoms with Crippen molar-refractivity contribution in [1.82, 2.24) is 0 Å². The van der Waals surface area contributed by atoms with E-state index in [0.717, 1.165) is 0 Å². The number of benzene rings is 7. The Morgan fingerprint density at radius 2 is 1.07 bits per heavy atom. The highest BCUT2D eigenvalue weighted by Gasteiger charge is 2.36. The quantitative estimate of drug-likeness (QED) is 0.156. The Morgan fingerprint density at radius 3 is 1.88 bits per heavy atom. The van der Waals surface area contributed by atoms with Crippen molar-refractivity contribution in [2.75, 3.05) is 4.90 Å². The molecule has 0 aliphatic heterocycles. The van der Waals surface area contributed by atoms with Crippen molar-refractivity contribution >= 4 is 38.6 Å². The first kappa shape index (κ1) is 36.9. The number of fused-ring (bicyclic) bond motifs is 5. The molecular formula is C58H59N.